The van der Waals surface area contributed by atoms with Crippen LogP contribution in [-0.2, 0) is 9.47 Å². The van der Waals surface area contributed by atoms with Crippen LogP contribution in [0.15, 0.2) is 18.2 Å². The Kier molecular flexibility index (Phi) is 5.27. The Morgan fingerprint density at radius 3 is 2.56 bits per heavy atom. The first-order chi connectivity index (χ1) is 11.6. The Balaban J connectivity index is 2.07. The van der Waals surface area contributed by atoms with Crippen molar-refractivity contribution in [3.8, 4) is 11.8 Å². The average Bonchev–Trinajstić information content (AvgIpc) is 3.27. The molecule has 132 valence electrons. The summed E-state index contributed by atoms with van der Waals surface area (Å²) in [5, 5.41) is 13.4. The van der Waals surface area contributed by atoms with E-state index in [1.807, 2.05) is 0 Å². The number of nitro benzene ring substituents is 1. The van der Waals surface area contributed by atoms with Gasteiger partial charge in [0.05, 0.1) is 4.92 Å². The molecule has 8 heteroatoms. The van der Waals surface area contributed by atoms with Crippen molar-refractivity contribution in [2.24, 2.45) is 5.92 Å². The summed E-state index contributed by atoms with van der Waals surface area (Å²) in [5.41, 5.74) is -0.797. The summed E-state index contributed by atoms with van der Waals surface area (Å²) in [6, 6.07) is 4.15. The second-order valence-corrected chi connectivity index (χ2v) is 6.51. The standard InChI is InChI=1S/C17H18N2O6/c1-17(2,3)25-16(21)24-15(20)18-13-9-8-12(7-6-11-4-5-11)10-14(13)19(22)23/h8-11H,4-5H2,1-3H3,(H,18,20). The molecule has 1 aliphatic rings. The molecule has 0 bridgehead atoms. The molecule has 0 atom stereocenters. The average molecular weight is 346 g/mol. The number of benzene rings is 1. The molecule has 1 aliphatic carbocycles. The van der Waals surface area contributed by atoms with Gasteiger partial charge in [0.2, 0.25) is 0 Å². The van der Waals surface area contributed by atoms with E-state index in [-0.39, 0.29) is 11.4 Å². The molecule has 1 fully saturated rings. The third-order valence-electron chi connectivity index (χ3n) is 2.99. The van der Waals surface area contributed by atoms with E-state index in [4.69, 9.17) is 4.74 Å². The van der Waals surface area contributed by atoms with Gasteiger partial charge >= 0.3 is 12.2 Å². The first-order valence-corrected chi connectivity index (χ1v) is 7.66. The van der Waals surface area contributed by atoms with Crippen LogP contribution in [0.1, 0.15) is 39.2 Å². The maximum atomic E-state index is 11.7. The van der Waals surface area contributed by atoms with Crippen molar-refractivity contribution >= 4 is 23.6 Å². The summed E-state index contributed by atoms with van der Waals surface area (Å²) in [6.07, 6.45) is -0.273. The lowest BCUT2D eigenvalue weighted by molar-refractivity contribution is -0.383. The van der Waals surface area contributed by atoms with Crippen LogP contribution in [0.2, 0.25) is 0 Å². The van der Waals surface area contributed by atoms with E-state index >= 15 is 0 Å². The van der Waals surface area contributed by atoms with Crippen LogP contribution in [-0.4, -0.2) is 22.8 Å². The predicted octanol–water partition coefficient (Wildman–Crippen LogP) is 3.84. The molecule has 1 aromatic carbocycles. The second-order valence-electron chi connectivity index (χ2n) is 6.51. The lowest BCUT2D eigenvalue weighted by atomic mass is 10.1. The van der Waals surface area contributed by atoms with E-state index in [0.29, 0.717) is 11.5 Å². The van der Waals surface area contributed by atoms with Gasteiger partial charge in [0.1, 0.15) is 11.3 Å². The SMILES string of the molecule is CC(C)(C)OC(=O)OC(=O)Nc1ccc(C#CC2CC2)cc1[N+](=O)[O-]. The number of hydrogen-bond acceptors (Lipinski definition) is 6. The van der Waals surface area contributed by atoms with Crippen molar-refractivity contribution in [2.75, 3.05) is 5.32 Å². The molecule has 0 aliphatic heterocycles. The number of hydrogen-bond donors (Lipinski definition) is 1. The second kappa shape index (κ2) is 7.21. The maximum absolute atomic E-state index is 11.7. The Morgan fingerprint density at radius 1 is 1.32 bits per heavy atom. The summed E-state index contributed by atoms with van der Waals surface area (Å²) < 4.78 is 9.25. The van der Waals surface area contributed by atoms with Crippen LogP contribution in [0.5, 0.6) is 0 Å². The summed E-state index contributed by atoms with van der Waals surface area (Å²) in [5.74, 6) is 6.23. The third-order valence-corrected chi connectivity index (χ3v) is 2.99. The first-order valence-electron chi connectivity index (χ1n) is 7.66. The van der Waals surface area contributed by atoms with Gasteiger partial charge in [-0.15, -0.1) is 0 Å². The van der Waals surface area contributed by atoms with Gasteiger partial charge in [0.25, 0.3) is 5.69 Å². The number of carbonyl (C=O) groups excluding carboxylic acids is 2. The van der Waals surface area contributed by atoms with Crippen molar-refractivity contribution in [2.45, 2.75) is 39.2 Å². The van der Waals surface area contributed by atoms with E-state index in [2.05, 4.69) is 21.9 Å². The molecule has 2 rings (SSSR count). The number of amides is 1. The molecule has 1 amide bonds. The highest BCUT2D eigenvalue weighted by atomic mass is 16.8. The summed E-state index contributed by atoms with van der Waals surface area (Å²) in [7, 11) is 0. The highest BCUT2D eigenvalue weighted by Crippen LogP contribution is 2.29. The van der Waals surface area contributed by atoms with Crippen LogP contribution < -0.4 is 5.32 Å². The molecular weight excluding hydrogens is 328 g/mol. The number of carbonyl (C=O) groups is 2. The highest BCUT2D eigenvalue weighted by Gasteiger charge is 2.23. The van der Waals surface area contributed by atoms with Gasteiger partial charge in [-0.2, -0.15) is 0 Å². The zero-order chi connectivity index (χ0) is 18.6. The number of nitrogens with zero attached hydrogens (tertiary/aromatic N) is 1. The molecule has 0 heterocycles. The fourth-order valence-corrected chi connectivity index (χ4v) is 1.76. The van der Waals surface area contributed by atoms with Crippen LogP contribution >= 0.6 is 0 Å². The number of ether oxygens (including phenoxy) is 2. The lowest BCUT2D eigenvalue weighted by Gasteiger charge is -2.18. The van der Waals surface area contributed by atoms with Gasteiger partial charge in [-0.3, -0.25) is 15.4 Å². The Hall–Kier alpha value is -3.08. The minimum Gasteiger partial charge on any atom is -0.428 e. The number of nitro groups is 1. The van der Waals surface area contributed by atoms with Gasteiger partial charge in [-0.1, -0.05) is 11.8 Å². The largest absolute Gasteiger partial charge is 0.517 e. The van der Waals surface area contributed by atoms with Gasteiger partial charge in [-0.25, -0.2) is 9.59 Å². The Bertz CT molecular complexity index is 766. The molecule has 0 radical (unpaired) electrons. The number of rotatable bonds is 2. The van der Waals surface area contributed by atoms with Crippen LogP contribution in [0.3, 0.4) is 0 Å². The molecule has 0 saturated heterocycles. The van der Waals surface area contributed by atoms with Crippen molar-refractivity contribution in [1.82, 2.24) is 0 Å². The molecule has 25 heavy (non-hydrogen) atoms. The van der Waals surface area contributed by atoms with Gasteiger partial charge in [-0.05, 0) is 45.7 Å². The quantitative estimate of drug-likeness (QED) is 0.286. The molecule has 0 aromatic heterocycles. The molecule has 0 spiro atoms. The Morgan fingerprint density at radius 2 is 2.00 bits per heavy atom. The van der Waals surface area contributed by atoms with Crippen molar-refractivity contribution < 1.29 is 24.0 Å². The molecule has 8 nitrogen and oxygen atoms in total. The van der Waals surface area contributed by atoms with E-state index in [1.54, 1.807) is 26.8 Å². The monoisotopic (exact) mass is 346 g/mol. The van der Waals surface area contributed by atoms with E-state index in [9.17, 15) is 19.7 Å². The smallest absolute Gasteiger partial charge is 0.428 e. The minimum absolute atomic E-state index is 0.101. The van der Waals surface area contributed by atoms with Gasteiger partial charge in [0, 0.05) is 17.5 Å². The first kappa shape index (κ1) is 18.3. The molecular formula is C17H18N2O6. The normalized spacial score (nSPS) is 13.2. The molecule has 1 N–H and O–H groups in total. The van der Waals surface area contributed by atoms with E-state index in [0.717, 1.165) is 12.8 Å². The molecule has 1 saturated carbocycles. The molecule has 1 aromatic rings. The van der Waals surface area contributed by atoms with E-state index in [1.165, 1.54) is 12.1 Å². The highest BCUT2D eigenvalue weighted by molar-refractivity contribution is 5.93. The lowest BCUT2D eigenvalue weighted by Crippen LogP contribution is -2.27. The Labute approximate surface area is 144 Å². The van der Waals surface area contributed by atoms with Crippen LogP contribution in [0, 0.1) is 27.9 Å². The number of anilines is 1. The van der Waals surface area contributed by atoms with Crippen molar-refractivity contribution in [3.63, 3.8) is 0 Å². The topological polar surface area (TPSA) is 108 Å². The van der Waals surface area contributed by atoms with Crippen LogP contribution in [0.25, 0.3) is 0 Å². The third kappa shape index (κ3) is 6.14. The summed E-state index contributed by atoms with van der Waals surface area (Å²) in [6.45, 7) is 4.83. The predicted molar refractivity (Wildman–Crippen MR) is 89.0 cm³/mol. The fraction of sp³-hybridized carbons (Fsp3) is 0.412. The number of nitrogens with one attached hydrogen (secondary N) is 1. The maximum Gasteiger partial charge on any atom is 0.517 e. The van der Waals surface area contributed by atoms with Crippen molar-refractivity contribution in [1.29, 1.82) is 0 Å². The summed E-state index contributed by atoms with van der Waals surface area (Å²) in [4.78, 5) is 33.7. The fourth-order valence-electron chi connectivity index (χ4n) is 1.76. The summed E-state index contributed by atoms with van der Waals surface area (Å²) >= 11 is 0. The van der Waals surface area contributed by atoms with Crippen LogP contribution in [0.4, 0.5) is 21.0 Å². The van der Waals surface area contributed by atoms with Gasteiger partial charge in [0.15, 0.2) is 0 Å². The molecule has 0 unspecified atom stereocenters. The minimum atomic E-state index is -1.19. The van der Waals surface area contributed by atoms with Gasteiger partial charge < -0.3 is 9.47 Å². The zero-order valence-corrected chi connectivity index (χ0v) is 14.1. The van der Waals surface area contributed by atoms with Crippen molar-refractivity contribution in [3.05, 3.63) is 33.9 Å². The van der Waals surface area contributed by atoms with E-state index < -0.39 is 22.8 Å². The zero-order valence-electron chi connectivity index (χ0n) is 14.1.